The highest BCUT2D eigenvalue weighted by molar-refractivity contribution is 5.96. The van der Waals surface area contributed by atoms with Gasteiger partial charge in [0.05, 0.1) is 6.10 Å². The van der Waals surface area contributed by atoms with Gasteiger partial charge in [0.15, 0.2) is 5.78 Å². The highest BCUT2D eigenvalue weighted by Gasteiger charge is 2.16. The summed E-state index contributed by atoms with van der Waals surface area (Å²) in [5.74, 6) is 1.31. The summed E-state index contributed by atoms with van der Waals surface area (Å²) in [6.07, 6.45) is 8.07. The Balaban J connectivity index is 4.67. The summed E-state index contributed by atoms with van der Waals surface area (Å²) in [5, 5.41) is 9.40. The number of carbonyl (C=O) groups excluding carboxylic acids is 1. The number of carbonyl (C=O) groups is 1. The molecule has 1 N–H and O–H groups in total. The summed E-state index contributed by atoms with van der Waals surface area (Å²) in [5.41, 5.74) is 1.95. The number of allylic oxidation sites excluding steroid dienone is 4. The third kappa shape index (κ3) is 9.19. The molecule has 0 aliphatic heterocycles. The van der Waals surface area contributed by atoms with Crippen LogP contribution in [0.3, 0.4) is 0 Å². The van der Waals surface area contributed by atoms with E-state index in [0.717, 1.165) is 17.1 Å². The van der Waals surface area contributed by atoms with Gasteiger partial charge in [0, 0.05) is 5.92 Å². The predicted octanol–water partition coefficient (Wildman–Crippen LogP) is 5.32. The molecular weight excluding hydrogens is 272 g/mol. The van der Waals surface area contributed by atoms with E-state index in [9.17, 15) is 9.90 Å². The van der Waals surface area contributed by atoms with Crippen molar-refractivity contribution in [2.45, 2.75) is 80.3 Å². The van der Waals surface area contributed by atoms with Crippen LogP contribution < -0.4 is 0 Å². The van der Waals surface area contributed by atoms with E-state index in [1.165, 1.54) is 19.3 Å². The zero-order chi connectivity index (χ0) is 17.3. The Hall–Kier alpha value is -0.890. The van der Waals surface area contributed by atoms with Gasteiger partial charge in [-0.2, -0.15) is 0 Å². The molecule has 0 spiro atoms. The maximum Gasteiger partial charge on any atom is 0.161 e. The molecular formula is C20H36O2. The van der Waals surface area contributed by atoms with Crippen LogP contribution in [0.25, 0.3) is 0 Å². The molecule has 2 heteroatoms. The fourth-order valence-electron chi connectivity index (χ4n) is 3.23. The van der Waals surface area contributed by atoms with E-state index in [1.807, 2.05) is 19.9 Å². The van der Waals surface area contributed by atoms with Gasteiger partial charge in [0.2, 0.25) is 0 Å². The maximum atomic E-state index is 12.3. The average molecular weight is 309 g/mol. The van der Waals surface area contributed by atoms with E-state index >= 15 is 0 Å². The minimum absolute atomic E-state index is 0.119. The van der Waals surface area contributed by atoms with Crippen LogP contribution in [0.15, 0.2) is 23.3 Å². The molecule has 0 aromatic rings. The summed E-state index contributed by atoms with van der Waals surface area (Å²) in [6, 6.07) is 0. The molecule has 0 saturated carbocycles. The van der Waals surface area contributed by atoms with E-state index in [0.29, 0.717) is 12.3 Å². The fraction of sp³-hybridized carbons (Fsp3) is 0.750. The molecule has 0 radical (unpaired) electrons. The molecule has 4 atom stereocenters. The monoisotopic (exact) mass is 308 g/mol. The molecule has 128 valence electrons. The molecule has 0 aliphatic carbocycles. The van der Waals surface area contributed by atoms with Crippen molar-refractivity contribution < 1.29 is 9.90 Å². The standard InChI is InChI=1S/C20H36O2/c1-8-9-14(2)10-15(3)11-16(4)12-17(5)20(22)18(6)13-19(7)21/h11-12,14-15,18-19,21H,8-10,13H2,1-7H3/b16-11+,17-12+/t14-,15-,18?,19?/m0/s1. The summed E-state index contributed by atoms with van der Waals surface area (Å²) in [7, 11) is 0. The van der Waals surface area contributed by atoms with Crippen molar-refractivity contribution in [2.24, 2.45) is 17.8 Å². The average Bonchev–Trinajstić information content (AvgIpc) is 2.36. The normalized spacial score (nSPS) is 18.7. The number of hydrogen-bond donors (Lipinski definition) is 1. The third-order valence-electron chi connectivity index (χ3n) is 4.08. The van der Waals surface area contributed by atoms with Crippen LogP contribution in [0.2, 0.25) is 0 Å². The zero-order valence-electron chi connectivity index (χ0n) is 15.6. The van der Waals surface area contributed by atoms with Crippen molar-refractivity contribution in [2.75, 3.05) is 0 Å². The summed E-state index contributed by atoms with van der Waals surface area (Å²) < 4.78 is 0. The van der Waals surface area contributed by atoms with Gasteiger partial charge in [-0.3, -0.25) is 4.79 Å². The number of aliphatic hydroxyl groups excluding tert-OH is 1. The lowest BCUT2D eigenvalue weighted by atomic mass is 9.91. The van der Waals surface area contributed by atoms with E-state index in [1.54, 1.807) is 6.92 Å². The molecule has 2 nitrogen and oxygen atoms in total. The van der Waals surface area contributed by atoms with Crippen LogP contribution in [-0.4, -0.2) is 17.0 Å². The summed E-state index contributed by atoms with van der Waals surface area (Å²) in [6.45, 7) is 14.4. The Morgan fingerprint density at radius 2 is 1.68 bits per heavy atom. The van der Waals surface area contributed by atoms with Crippen LogP contribution in [0.1, 0.15) is 74.1 Å². The fourth-order valence-corrected chi connectivity index (χ4v) is 3.23. The van der Waals surface area contributed by atoms with Gasteiger partial charge in [-0.05, 0) is 51.0 Å². The Bertz CT molecular complexity index is 391. The second-order valence-corrected chi connectivity index (χ2v) is 7.19. The molecule has 0 saturated heterocycles. The van der Waals surface area contributed by atoms with Crippen LogP contribution in [0.5, 0.6) is 0 Å². The van der Waals surface area contributed by atoms with Gasteiger partial charge >= 0.3 is 0 Å². The van der Waals surface area contributed by atoms with Gasteiger partial charge in [0.1, 0.15) is 0 Å². The molecule has 0 aromatic heterocycles. The molecule has 0 bridgehead atoms. The number of ketones is 1. The minimum atomic E-state index is -0.427. The largest absolute Gasteiger partial charge is 0.393 e. The number of aliphatic hydroxyl groups is 1. The van der Waals surface area contributed by atoms with Crippen LogP contribution in [0.4, 0.5) is 0 Å². The third-order valence-corrected chi connectivity index (χ3v) is 4.08. The first-order chi connectivity index (χ1) is 10.2. The maximum absolute atomic E-state index is 12.3. The molecule has 0 amide bonds. The topological polar surface area (TPSA) is 37.3 Å². The first-order valence-electron chi connectivity index (χ1n) is 8.76. The second-order valence-electron chi connectivity index (χ2n) is 7.19. The van der Waals surface area contributed by atoms with Crippen LogP contribution >= 0.6 is 0 Å². The number of hydrogen-bond acceptors (Lipinski definition) is 2. The molecule has 0 rings (SSSR count). The molecule has 0 aromatic carbocycles. The van der Waals surface area contributed by atoms with Crippen molar-refractivity contribution in [1.29, 1.82) is 0 Å². The first-order valence-corrected chi connectivity index (χ1v) is 8.76. The molecule has 0 fully saturated rings. The van der Waals surface area contributed by atoms with E-state index in [4.69, 9.17) is 0 Å². The highest BCUT2D eigenvalue weighted by atomic mass is 16.3. The van der Waals surface area contributed by atoms with Gasteiger partial charge in [-0.1, -0.05) is 58.3 Å². The summed E-state index contributed by atoms with van der Waals surface area (Å²) >= 11 is 0. The van der Waals surface area contributed by atoms with Crippen molar-refractivity contribution in [1.82, 2.24) is 0 Å². The number of rotatable bonds is 10. The molecule has 2 unspecified atom stereocenters. The van der Waals surface area contributed by atoms with Crippen LogP contribution in [-0.2, 0) is 4.79 Å². The smallest absolute Gasteiger partial charge is 0.161 e. The van der Waals surface area contributed by atoms with Crippen molar-refractivity contribution in [3.8, 4) is 0 Å². The summed E-state index contributed by atoms with van der Waals surface area (Å²) in [4.78, 5) is 12.3. The predicted molar refractivity (Wildman–Crippen MR) is 95.8 cm³/mol. The van der Waals surface area contributed by atoms with Gasteiger partial charge < -0.3 is 5.11 Å². The lowest BCUT2D eigenvalue weighted by Gasteiger charge is -2.15. The van der Waals surface area contributed by atoms with Gasteiger partial charge in [-0.25, -0.2) is 0 Å². The Morgan fingerprint density at radius 3 is 2.18 bits per heavy atom. The van der Waals surface area contributed by atoms with Crippen molar-refractivity contribution in [3.05, 3.63) is 23.3 Å². The molecule has 22 heavy (non-hydrogen) atoms. The van der Waals surface area contributed by atoms with Crippen molar-refractivity contribution in [3.63, 3.8) is 0 Å². The SMILES string of the molecule is CCC[C@H](C)C[C@H](C)/C=C(C)/C=C(\C)C(=O)C(C)CC(C)O. The lowest BCUT2D eigenvalue weighted by molar-refractivity contribution is -0.119. The van der Waals surface area contributed by atoms with E-state index in [-0.39, 0.29) is 11.7 Å². The molecule has 0 heterocycles. The van der Waals surface area contributed by atoms with Crippen LogP contribution in [0, 0.1) is 17.8 Å². The minimum Gasteiger partial charge on any atom is -0.393 e. The van der Waals surface area contributed by atoms with Gasteiger partial charge in [0.25, 0.3) is 0 Å². The quantitative estimate of drug-likeness (QED) is 0.438. The lowest BCUT2D eigenvalue weighted by Crippen LogP contribution is -2.17. The van der Waals surface area contributed by atoms with Crippen molar-refractivity contribution >= 4 is 5.78 Å². The highest BCUT2D eigenvalue weighted by Crippen LogP contribution is 2.20. The number of Topliss-reactive ketones (excluding diaryl/α,β-unsaturated/α-hetero) is 1. The van der Waals surface area contributed by atoms with E-state index < -0.39 is 6.10 Å². The van der Waals surface area contributed by atoms with E-state index in [2.05, 4.69) is 33.8 Å². The Kier molecular flexibility index (Phi) is 10.3. The Morgan fingerprint density at radius 1 is 1.09 bits per heavy atom. The Labute approximate surface area is 137 Å². The zero-order valence-corrected chi connectivity index (χ0v) is 15.6. The first kappa shape index (κ1) is 21.1. The molecule has 0 aliphatic rings. The van der Waals surface area contributed by atoms with Gasteiger partial charge in [-0.15, -0.1) is 0 Å². The second kappa shape index (κ2) is 10.8.